The van der Waals surface area contributed by atoms with Crippen LogP contribution in [0.3, 0.4) is 0 Å². The summed E-state index contributed by atoms with van der Waals surface area (Å²) in [5.41, 5.74) is 2.17. The van der Waals surface area contributed by atoms with E-state index in [1.807, 2.05) is 30.3 Å². The summed E-state index contributed by atoms with van der Waals surface area (Å²) in [7, 11) is 4.77. The Morgan fingerprint density at radius 1 is 0.923 bits per heavy atom. The predicted octanol–water partition coefficient (Wildman–Crippen LogP) is 2.65. The van der Waals surface area contributed by atoms with Gasteiger partial charge in [-0.15, -0.1) is 0 Å². The van der Waals surface area contributed by atoms with Gasteiger partial charge in [0.15, 0.2) is 17.3 Å². The molecular weight excluding hydrogens is 330 g/mol. The highest BCUT2D eigenvalue weighted by Gasteiger charge is 2.33. The van der Waals surface area contributed by atoms with Crippen LogP contribution >= 0.6 is 0 Å². The van der Waals surface area contributed by atoms with Crippen LogP contribution in [0.1, 0.15) is 11.1 Å². The van der Waals surface area contributed by atoms with Crippen LogP contribution in [-0.4, -0.2) is 39.7 Å². The largest absolute Gasteiger partial charge is 0.493 e. The van der Waals surface area contributed by atoms with E-state index in [1.165, 1.54) is 5.56 Å². The van der Waals surface area contributed by atoms with Gasteiger partial charge in [0.2, 0.25) is 5.75 Å². The fourth-order valence-electron chi connectivity index (χ4n) is 3.50. The van der Waals surface area contributed by atoms with Crippen molar-refractivity contribution in [3.8, 4) is 17.2 Å². The molecule has 3 rings (SSSR count). The molecule has 0 amide bonds. The molecular formula is C21H25NO4. The molecule has 2 aromatic carbocycles. The van der Waals surface area contributed by atoms with Crippen LogP contribution < -0.4 is 19.5 Å². The molecule has 1 heterocycles. The van der Waals surface area contributed by atoms with Gasteiger partial charge in [-0.05, 0) is 36.1 Å². The first-order valence-electron chi connectivity index (χ1n) is 8.76. The molecule has 1 N–H and O–H groups in total. The van der Waals surface area contributed by atoms with Crippen molar-refractivity contribution in [1.82, 2.24) is 5.32 Å². The van der Waals surface area contributed by atoms with Crippen molar-refractivity contribution < 1.29 is 19.0 Å². The molecule has 0 spiro atoms. The molecule has 1 aliphatic rings. The van der Waals surface area contributed by atoms with Gasteiger partial charge in [-0.3, -0.25) is 4.79 Å². The lowest BCUT2D eigenvalue weighted by Gasteiger charge is -2.16. The summed E-state index contributed by atoms with van der Waals surface area (Å²) in [4.78, 5) is 12.8. The molecule has 2 atom stereocenters. The Morgan fingerprint density at radius 3 is 2.15 bits per heavy atom. The number of hydrogen-bond acceptors (Lipinski definition) is 5. The minimum absolute atomic E-state index is 0.0180. The lowest BCUT2D eigenvalue weighted by atomic mass is 9.93. The van der Waals surface area contributed by atoms with Gasteiger partial charge in [0.25, 0.3) is 0 Å². The molecule has 26 heavy (non-hydrogen) atoms. The van der Waals surface area contributed by atoms with E-state index in [0.29, 0.717) is 30.2 Å². The minimum Gasteiger partial charge on any atom is -0.493 e. The Bertz CT molecular complexity index is 735. The van der Waals surface area contributed by atoms with E-state index in [-0.39, 0.29) is 17.7 Å². The molecule has 1 saturated heterocycles. The maximum Gasteiger partial charge on any atom is 0.203 e. The van der Waals surface area contributed by atoms with E-state index in [2.05, 4.69) is 17.4 Å². The van der Waals surface area contributed by atoms with Crippen molar-refractivity contribution >= 4 is 5.78 Å². The van der Waals surface area contributed by atoms with E-state index in [0.717, 1.165) is 12.0 Å². The van der Waals surface area contributed by atoms with Gasteiger partial charge in [-0.1, -0.05) is 30.3 Å². The van der Waals surface area contributed by atoms with Gasteiger partial charge >= 0.3 is 0 Å². The zero-order chi connectivity index (χ0) is 18.5. The molecule has 1 aliphatic heterocycles. The second-order valence-electron chi connectivity index (χ2n) is 6.49. The van der Waals surface area contributed by atoms with Crippen LogP contribution in [0.5, 0.6) is 17.2 Å². The quantitative estimate of drug-likeness (QED) is 0.827. The van der Waals surface area contributed by atoms with E-state index in [1.54, 1.807) is 21.3 Å². The summed E-state index contributed by atoms with van der Waals surface area (Å²) in [6.45, 7) is 0.711. The third kappa shape index (κ3) is 3.83. The molecule has 5 nitrogen and oxygen atoms in total. The lowest BCUT2D eigenvalue weighted by molar-refractivity contribution is -0.121. The summed E-state index contributed by atoms with van der Waals surface area (Å²) in [6, 6.07) is 13.8. The summed E-state index contributed by atoms with van der Waals surface area (Å²) >= 11 is 0. The molecule has 2 aromatic rings. The first-order chi connectivity index (χ1) is 12.7. The SMILES string of the molecule is COc1cc(CC2NCC(Cc3ccccc3)C2=O)cc(OC)c1OC. The van der Waals surface area contributed by atoms with Crippen molar-refractivity contribution in [2.24, 2.45) is 5.92 Å². The summed E-state index contributed by atoms with van der Waals surface area (Å²) < 4.78 is 16.2. The van der Waals surface area contributed by atoms with Crippen molar-refractivity contribution in [3.63, 3.8) is 0 Å². The molecule has 138 valence electrons. The zero-order valence-electron chi connectivity index (χ0n) is 15.5. The average Bonchev–Trinajstić information content (AvgIpc) is 3.01. The Balaban J connectivity index is 1.72. The number of benzene rings is 2. The van der Waals surface area contributed by atoms with Crippen molar-refractivity contribution in [3.05, 3.63) is 53.6 Å². The molecule has 0 aliphatic carbocycles. The summed E-state index contributed by atoms with van der Waals surface area (Å²) in [5.74, 6) is 2.06. The van der Waals surface area contributed by atoms with Gasteiger partial charge in [0.1, 0.15) is 0 Å². The zero-order valence-corrected chi connectivity index (χ0v) is 15.5. The maximum atomic E-state index is 12.8. The van der Waals surface area contributed by atoms with E-state index >= 15 is 0 Å². The highest BCUT2D eigenvalue weighted by atomic mass is 16.5. The van der Waals surface area contributed by atoms with Gasteiger partial charge < -0.3 is 19.5 Å². The number of ether oxygens (including phenoxy) is 3. The number of carbonyl (C=O) groups is 1. The Morgan fingerprint density at radius 2 is 1.58 bits per heavy atom. The summed E-state index contributed by atoms with van der Waals surface area (Å²) in [6.07, 6.45) is 1.37. The van der Waals surface area contributed by atoms with E-state index in [4.69, 9.17) is 14.2 Å². The second-order valence-corrected chi connectivity index (χ2v) is 6.49. The number of nitrogens with one attached hydrogen (secondary N) is 1. The van der Waals surface area contributed by atoms with Crippen LogP contribution in [0.15, 0.2) is 42.5 Å². The second kappa shape index (κ2) is 8.23. The minimum atomic E-state index is -0.188. The first kappa shape index (κ1) is 18.3. The fraction of sp³-hybridized carbons (Fsp3) is 0.381. The van der Waals surface area contributed by atoms with Crippen LogP contribution in [0, 0.1) is 5.92 Å². The maximum absolute atomic E-state index is 12.8. The summed E-state index contributed by atoms with van der Waals surface area (Å²) in [5, 5.41) is 3.37. The number of ketones is 1. The van der Waals surface area contributed by atoms with Crippen molar-refractivity contribution in [2.45, 2.75) is 18.9 Å². The normalized spacial score (nSPS) is 19.4. The highest BCUT2D eigenvalue weighted by Crippen LogP contribution is 2.38. The standard InChI is InChI=1S/C21H25NO4/c1-24-18-11-15(12-19(25-2)21(18)26-3)10-17-20(23)16(13-22-17)9-14-7-5-4-6-8-14/h4-8,11-12,16-17,22H,9-10,13H2,1-3H3. The fourth-order valence-corrected chi connectivity index (χ4v) is 3.50. The lowest BCUT2D eigenvalue weighted by Crippen LogP contribution is -2.30. The van der Waals surface area contributed by atoms with Crippen molar-refractivity contribution in [1.29, 1.82) is 0 Å². The number of methoxy groups -OCH3 is 3. The topological polar surface area (TPSA) is 56.8 Å². The van der Waals surface area contributed by atoms with Gasteiger partial charge in [-0.2, -0.15) is 0 Å². The van der Waals surface area contributed by atoms with Gasteiger partial charge in [-0.25, -0.2) is 0 Å². The third-order valence-corrected chi connectivity index (χ3v) is 4.85. The predicted molar refractivity (Wildman–Crippen MR) is 100 cm³/mol. The monoisotopic (exact) mass is 355 g/mol. The molecule has 1 fully saturated rings. The molecule has 5 heteroatoms. The third-order valence-electron chi connectivity index (χ3n) is 4.85. The number of rotatable bonds is 7. The first-order valence-corrected chi connectivity index (χ1v) is 8.76. The molecule has 2 unspecified atom stereocenters. The van der Waals surface area contributed by atoms with Crippen molar-refractivity contribution in [2.75, 3.05) is 27.9 Å². The number of carbonyl (C=O) groups excluding carboxylic acids is 1. The number of hydrogen-bond donors (Lipinski definition) is 1. The van der Waals surface area contributed by atoms with Crippen LogP contribution in [-0.2, 0) is 17.6 Å². The molecule has 0 radical (unpaired) electrons. The van der Waals surface area contributed by atoms with Gasteiger partial charge in [0, 0.05) is 12.5 Å². The molecule has 0 bridgehead atoms. The highest BCUT2D eigenvalue weighted by molar-refractivity contribution is 5.89. The van der Waals surface area contributed by atoms with Crippen LogP contribution in [0.2, 0.25) is 0 Å². The van der Waals surface area contributed by atoms with Crippen LogP contribution in [0.25, 0.3) is 0 Å². The van der Waals surface area contributed by atoms with E-state index in [9.17, 15) is 4.79 Å². The van der Waals surface area contributed by atoms with Crippen LogP contribution in [0.4, 0.5) is 0 Å². The Labute approximate surface area is 154 Å². The van der Waals surface area contributed by atoms with E-state index < -0.39 is 0 Å². The smallest absolute Gasteiger partial charge is 0.203 e. The Hall–Kier alpha value is -2.53. The van der Waals surface area contributed by atoms with Gasteiger partial charge in [0.05, 0.1) is 27.4 Å². The average molecular weight is 355 g/mol. The number of Topliss-reactive ketones (excluding diaryl/α,β-unsaturated/α-hetero) is 1. The molecule has 0 saturated carbocycles. The molecule has 0 aromatic heterocycles. The Kier molecular flexibility index (Phi) is 5.78.